The minimum atomic E-state index is -0.777. The summed E-state index contributed by atoms with van der Waals surface area (Å²) in [6.07, 6.45) is 1.24. The molecule has 33 heavy (non-hydrogen) atoms. The first-order valence-electron chi connectivity index (χ1n) is 9.53. The maximum absolute atomic E-state index is 12.2. The summed E-state index contributed by atoms with van der Waals surface area (Å²) in [5, 5.41) is 28.3. The van der Waals surface area contributed by atoms with E-state index in [4.69, 9.17) is 0 Å². The third kappa shape index (κ3) is 6.28. The molecule has 3 aromatic carbocycles. The summed E-state index contributed by atoms with van der Waals surface area (Å²) >= 11 is 0. The molecule has 11 nitrogen and oxygen atoms in total. The van der Waals surface area contributed by atoms with Gasteiger partial charge in [-0.2, -0.15) is 5.10 Å². The average molecular weight is 447 g/mol. The molecule has 11 heteroatoms. The fraction of sp³-hybridized carbons (Fsp3) is 0.0455. The Labute approximate surface area is 187 Å². The van der Waals surface area contributed by atoms with E-state index in [2.05, 4.69) is 15.8 Å². The molecule has 2 N–H and O–H groups in total. The minimum absolute atomic E-state index is 0.0117. The second kappa shape index (κ2) is 10.4. The highest BCUT2D eigenvalue weighted by molar-refractivity contribution is 5.97. The molecule has 0 atom stereocenters. The minimum Gasteiger partial charge on any atom is -0.326 e. The van der Waals surface area contributed by atoms with Crippen molar-refractivity contribution in [2.24, 2.45) is 5.10 Å². The molecule has 2 amide bonds. The lowest BCUT2D eigenvalue weighted by Gasteiger charge is -2.06. The molecule has 0 aliphatic carbocycles. The number of hydrogen-bond donors (Lipinski definition) is 2. The number of nitro groups is 2. The van der Waals surface area contributed by atoms with Crippen molar-refractivity contribution in [3.63, 3.8) is 0 Å². The van der Waals surface area contributed by atoms with Crippen molar-refractivity contribution in [3.8, 4) is 0 Å². The normalized spacial score (nSPS) is 10.5. The molecule has 3 rings (SSSR count). The van der Waals surface area contributed by atoms with E-state index in [0.29, 0.717) is 5.69 Å². The Morgan fingerprint density at radius 1 is 0.909 bits per heavy atom. The number of nitrogens with one attached hydrogen (secondary N) is 2. The van der Waals surface area contributed by atoms with Crippen molar-refractivity contribution >= 4 is 35.1 Å². The van der Waals surface area contributed by atoms with Gasteiger partial charge in [0.1, 0.15) is 0 Å². The van der Waals surface area contributed by atoms with Crippen LogP contribution in [0, 0.1) is 20.2 Å². The first-order chi connectivity index (χ1) is 15.8. The van der Waals surface area contributed by atoms with Crippen LogP contribution in [0.25, 0.3) is 0 Å². The van der Waals surface area contributed by atoms with Crippen LogP contribution >= 0.6 is 0 Å². The van der Waals surface area contributed by atoms with Gasteiger partial charge in [0.25, 0.3) is 17.3 Å². The number of nitrogens with zero attached hydrogens (tertiary/aromatic N) is 3. The quantitative estimate of drug-likeness (QED) is 0.306. The second-order valence-electron chi connectivity index (χ2n) is 6.74. The molecule has 0 aliphatic heterocycles. The van der Waals surface area contributed by atoms with Gasteiger partial charge < -0.3 is 5.32 Å². The monoisotopic (exact) mass is 447 g/mol. The molecule has 0 saturated carbocycles. The summed E-state index contributed by atoms with van der Waals surface area (Å²) in [6, 6.07) is 18.4. The predicted octanol–water partition coefficient (Wildman–Crippen LogP) is 3.45. The van der Waals surface area contributed by atoms with Crippen LogP contribution in [-0.4, -0.2) is 27.9 Å². The molecule has 0 unspecified atom stereocenters. The fourth-order valence-electron chi connectivity index (χ4n) is 2.83. The smallest absolute Gasteiger partial charge is 0.285 e. The van der Waals surface area contributed by atoms with Crippen molar-refractivity contribution in [2.75, 3.05) is 5.32 Å². The van der Waals surface area contributed by atoms with Crippen LogP contribution in [0.1, 0.15) is 21.5 Å². The van der Waals surface area contributed by atoms with Crippen LogP contribution in [-0.2, 0) is 11.2 Å². The summed E-state index contributed by atoms with van der Waals surface area (Å²) in [7, 11) is 0. The summed E-state index contributed by atoms with van der Waals surface area (Å²) in [5.41, 5.74) is 2.90. The fourth-order valence-corrected chi connectivity index (χ4v) is 2.83. The van der Waals surface area contributed by atoms with E-state index >= 15 is 0 Å². The first kappa shape index (κ1) is 22.7. The van der Waals surface area contributed by atoms with Gasteiger partial charge in [-0.05, 0) is 35.9 Å². The number of carbonyl (C=O) groups is 2. The van der Waals surface area contributed by atoms with Gasteiger partial charge in [0.15, 0.2) is 0 Å². The Balaban J connectivity index is 1.60. The highest BCUT2D eigenvalue weighted by Gasteiger charge is 2.18. The number of hydrogen-bond acceptors (Lipinski definition) is 7. The van der Waals surface area contributed by atoms with Crippen molar-refractivity contribution in [3.05, 3.63) is 110 Å². The van der Waals surface area contributed by atoms with E-state index < -0.39 is 27.1 Å². The third-order valence-corrected chi connectivity index (χ3v) is 4.43. The Kier molecular flexibility index (Phi) is 7.17. The maximum atomic E-state index is 12.2. The van der Waals surface area contributed by atoms with E-state index in [0.717, 1.165) is 23.9 Å². The van der Waals surface area contributed by atoms with Crippen molar-refractivity contribution in [2.45, 2.75) is 6.42 Å². The number of rotatable bonds is 8. The van der Waals surface area contributed by atoms with Gasteiger partial charge in [0.2, 0.25) is 5.91 Å². The van der Waals surface area contributed by atoms with Crippen LogP contribution in [0.15, 0.2) is 77.9 Å². The van der Waals surface area contributed by atoms with Crippen LogP contribution in [0.3, 0.4) is 0 Å². The molecule has 0 saturated heterocycles. The standard InChI is InChI=1S/C22H17N5O6/c28-21(12-15-4-2-1-3-5-15)24-18-9-6-16(7-10-18)22(29)25-23-14-17-8-11-19(26(30)31)13-20(17)27(32)33/h1-11,13-14H,12H2,(H,24,28)(H,25,29)/b23-14-. The highest BCUT2D eigenvalue weighted by Crippen LogP contribution is 2.23. The number of non-ortho nitro benzene ring substituents is 1. The average Bonchev–Trinajstić information content (AvgIpc) is 2.80. The molecule has 0 heterocycles. The molecular formula is C22H17N5O6. The molecule has 0 bridgehead atoms. The molecule has 166 valence electrons. The topological polar surface area (TPSA) is 157 Å². The van der Waals surface area contributed by atoms with Gasteiger partial charge in [-0.15, -0.1) is 0 Å². The van der Waals surface area contributed by atoms with Gasteiger partial charge >= 0.3 is 0 Å². The Morgan fingerprint density at radius 2 is 1.61 bits per heavy atom. The summed E-state index contributed by atoms with van der Waals surface area (Å²) in [4.78, 5) is 44.7. The van der Waals surface area contributed by atoms with Crippen LogP contribution in [0.2, 0.25) is 0 Å². The van der Waals surface area contributed by atoms with Gasteiger partial charge in [0, 0.05) is 17.3 Å². The lowest BCUT2D eigenvalue weighted by Crippen LogP contribution is -2.18. The summed E-state index contributed by atoms with van der Waals surface area (Å²) in [5.74, 6) is -0.786. The Morgan fingerprint density at radius 3 is 2.24 bits per heavy atom. The predicted molar refractivity (Wildman–Crippen MR) is 120 cm³/mol. The number of anilines is 1. The number of nitro benzene ring substituents is 2. The third-order valence-electron chi connectivity index (χ3n) is 4.43. The SMILES string of the molecule is O=C(Cc1ccccc1)Nc1ccc(C(=O)N/N=C\c2ccc([N+](=O)[O-])cc2[N+](=O)[O-])cc1. The molecule has 0 radical (unpaired) electrons. The van der Waals surface area contributed by atoms with Gasteiger partial charge in [0.05, 0.1) is 34.1 Å². The zero-order valence-corrected chi connectivity index (χ0v) is 17.0. The summed E-state index contributed by atoms with van der Waals surface area (Å²) in [6.45, 7) is 0. The zero-order chi connectivity index (χ0) is 23.8. The lowest BCUT2D eigenvalue weighted by molar-refractivity contribution is -0.394. The van der Waals surface area contributed by atoms with Gasteiger partial charge in [-0.3, -0.25) is 29.8 Å². The number of benzene rings is 3. The van der Waals surface area contributed by atoms with Crippen molar-refractivity contribution in [1.82, 2.24) is 5.43 Å². The van der Waals surface area contributed by atoms with Crippen LogP contribution in [0.4, 0.5) is 17.1 Å². The van der Waals surface area contributed by atoms with Crippen molar-refractivity contribution in [1.29, 1.82) is 0 Å². The van der Waals surface area contributed by atoms with Crippen LogP contribution in [0.5, 0.6) is 0 Å². The Bertz CT molecular complexity index is 1230. The summed E-state index contributed by atoms with van der Waals surface area (Å²) < 4.78 is 0. The number of amides is 2. The molecule has 0 aliphatic rings. The Hall–Kier alpha value is -4.93. The van der Waals surface area contributed by atoms with Gasteiger partial charge in [-0.1, -0.05) is 30.3 Å². The van der Waals surface area contributed by atoms with Crippen molar-refractivity contribution < 1.29 is 19.4 Å². The first-order valence-corrected chi connectivity index (χ1v) is 9.53. The van der Waals surface area contributed by atoms with E-state index in [1.54, 1.807) is 12.1 Å². The van der Waals surface area contributed by atoms with E-state index in [-0.39, 0.29) is 23.5 Å². The maximum Gasteiger partial charge on any atom is 0.285 e. The molecular weight excluding hydrogens is 430 g/mol. The lowest BCUT2D eigenvalue weighted by atomic mass is 10.1. The highest BCUT2D eigenvalue weighted by atomic mass is 16.6. The second-order valence-corrected chi connectivity index (χ2v) is 6.74. The van der Waals surface area contributed by atoms with E-state index in [9.17, 15) is 29.8 Å². The van der Waals surface area contributed by atoms with E-state index in [1.165, 1.54) is 18.2 Å². The largest absolute Gasteiger partial charge is 0.326 e. The number of hydrazone groups is 1. The zero-order valence-electron chi connectivity index (χ0n) is 17.0. The number of carbonyl (C=O) groups excluding carboxylic acids is 2. The molecule has 0 fully saturated rings. The van der Waals surface area contributed by atoms with Gasteiger partial charge in [-0.25, -0.2) is 5.43 Å². The van der Waals surface area contributed by atoms with Crippen LogP contribution < -0.4 is 10.7 Å². The molecule has 0 spiro atoms. The van der Waals surface area contributed by atoms with E-state index in [1.807, 2.05) is 30.3 Å². The molecule has 3 aromatic rings. The molecule has 0 aromatic heterocycles.